The molecule has 13 heteroatoms. The van der Waals surface area contributed by atoms with Gasteiger partial charge in [-0.15, -0.1) is 0 Å². The van der Waals surface area contributed by atoms with Gasteiger partial charge in [0.05, 0.1) is 45.2 Å². The molecule has 3 nitrogen and oxygen atoms in total. The van der Waals surface area contributed by atoms with Crippen LogP contribution in [0.15, 0.2) is 36.4 Å². The molecule has 31 heavy (non-hydrogen) atoms. The minimum absolute atomic E-state index is 0. The van der Waals surface area contributed by atoms with Crippen molar-refractivity contribution in [2.75, 3.05) is 0 Å². The van der Waals surface area contributed by atoms with Gasteiger partial charge in [-0.2, -0.15) is 0 Å². The molecule has 0 saturated heterocycles. The monoisotopic (exact) mass is 636 g/mol. The van der Waals surface area contributed by atoms with Crippen LogP contribution in [0.2, 0.25) is 45.2 Å². The van der Waals surface area contributed by atoms with Crippen molar-refractivity contribution < 1.29 is 33.9 Å². The Balaban J connectivity index is 0.000000429. The van der Waals surface area contributed by atoms with Gasteiger partial charge in [-0.3, -0.25) is 0 Å². The molecule has 0 aliphatic carbocycles. The average molecular weight is 640 g/mol. The van der Waals surface area contributed by atoms with Gasteiger partial charge in [0, 0.05) is 0 Å². The second-order valence-electron chi connectivity index (χ2n) is 5.02. The molecule has 0 unspecified atom stereocenters. The molecular formula is C18H6Cl9O3V. The van der Waals surface area contributed by atoms with Crippen molar-refractivity contribution in [3.05, 3.63) is 81.6 Å². The van der Waals surface area contributed by atoms with Crippen LogP contribution in [0.25, 0.3) is 0 Å². The van der Waals surface area contributed by atoms with E-state index in [0.717, 1.165) is 0 Å². The minimum atomic E-state index is -0.309. The molecule has 0 N–H and O–H groups in total. The molecule has 0 aliphatic rings. The van der Waals surface area contributed by atoms with Crippen LogP contribution in [0, 0.1) is 0 Å². The summed E-state index contributed by atoms with van der Waals surface area (Å²) in [6, 6.07) is 8.07. The summed E-state index contributed by atoms with van der Waals surface area (Å²) in [7, 11) is 0. The summed E-state index contributed by atoms with van der Waals surface area (Å²) in [6.07, 6.45) is 0. The molecule has 3 rings (SSSR count). The van der Waals surface area contributed by atoms with Gasteiger partial charge in [-0.25, -0.2) is 0 Å². The van der Waals surface area contributed by atoms with E-state index in [1.54, 1.807) is 0 Å². The third-order valence-corrected chi connectivity index (χ3v) is 6.83. The third kappa shape index (κ3) is 9.19. The van der Waals surface area contributed by atoms with Gasteiger partial charge in [0.15, 0.2) is 0 Å². The van der Waals surface area contributed by atoms with E-state index in [9.17, 15) is 15.3 Å². The zero-order valence-corrected chi connectivity index (χ0v) is 22.7. The first kappa shape index (κ1) is 31.3. The zero-order chi connectivity index (χ0) is 23.2. The first-order chi connectivity index (χ1) is 13.9. The molecule has 0 spiro atoms. The molecule has 3 aromatic rings. The molecule has 3 aromatic carbocycles. The molecule has 0 fully saturated rings. The van der Waals surface area contributed by atoms with E-state index < -0.39 is 0 Å². The van der Waals surface area contributed by atoms with E-state index in [0.29, 0.717) is 15.1 Å². The van der Waals surface area contributed by atoms with E-state index in [-0.39, 0.29) is 65.9 Å². The topological polar surface area (TPSA) is 69.2 Å². The van der Waals surface area contributed by atoms with Crippen LogP contribution in [-0.4, -0.2) is 0 Å². The Morgan fingerprint density at radius 1 is 0.355 bits per heavy atom. The normalized spacial score (nSPS) is 9.58. The summed E-state index contributed by atoms with van der Waals surface area (Å²) in [4.78, 5) is 0. The molecule has 0 bridgehead atoms. The Kier molecular flexibility index (Phi) is 14.6. The van der Waals surface area contributed by atoms with Crippen LogP contribution in [0.3, 0.4) is 0 Å². The molecule has 0 atom stereocenters. The molecule has 0 radical (unpaired) electrons. The number of hydrogen-bond acceptors (Lipinski definition) is 3. The summed E-state index contributed by atoms with van der Waals surface area (Å²) < 4.78 is 0. The Bertz CT molecular complexity index is 836. The number of halogens is 9. The van der Waals surface area contributed by atoms with Crippen LogP contribution < -0.4 is 15.3 Å². The maximum Gasteiger partial charge on any atom is 3.00 e. The first-order valence-corrected chi connectivity index (χ1v) is 10.7. The van der Waals surface area contributed by atoms with E-state index in [1.165, 1.54) is 36.4 Å². The van der Waals surface area contributed by atoms with Crippen LogP contribution in [0.1, 0.15) is 0 Å². The molecule has 0 aromatic heterocycles. The van der Waals surface area contributed by atoms with E-state index in [4.69, 9.17) is 104 Å². The van der Waals surface area contributed by atoms with Crippen molar-refractivity contribution in [2.45, 2.75) is 0 Å². The van der Waals surface area contributed by atoms with Crippen molar-refractivity contribution in [1.29, 1.82) is 0 Å². The van der Waals surface area contributed by atoms with Crippen LogP contribution >= 0.6 is 104 Å². The molecule has 0 amide bonds. The third-order valence-electron chi connectivity index (χ3n) is 3.00. The summed E-state index contributed by atoms with van der Waals surface area (Å²) >= 11 is 49.5. The Morgan fingerprint density at radius 3 is 0.710 bits per heavy atom. The van der Waals surface area contributed by atoms with Crippen molar-refractivity contribution in [3.8, 4) is 17.2 Å². The Morgan fingerprint density at radius 2 is 0.548 bits per heavy atom. The van der Waals surface area contributed by atoms with E-state index in [1.807, 2.05) is 0 Å². The average Bonchev–Trinajstić information content (AvgIpc) is 2.73. The maximum absolute atomic E-state index is 10.7. The van der Waals surface area contributed by atoms with Gasteiger partial charge >= 0.3 is 18.6 Å². The molecular weight excluding hydrogens is 634 g/mol. The van der Waals surface area contributed by atoms with Gasteiger partial charge in [0.25, 0.3) is 0 Å². The summed E-state index contributed by atoms with van der Waals surface area (Å²) in [5, 5.41) is 33.3. The van der Waals surface area contributed by atoms with Gasteiger partial charge in [-0.1, -0.05) is 140 Å². The molecule has 0 saturated carbocycles. The standard InChI is InChI=1S/3C6H3Cl3O.V/c3*7-3-1-2-4(10)6(9)5(3)8;/h3*1-2,10H;/q;;;+3/p-3. The predicted molar refractivity (Wildman–Crippen MR) is 123 cm³/mol. The van der Waals surface area contributed by atoms with Gasteiger partial charge in [0.2, 0.25) is 0 Å². The van der Waals surface area contributed by atoms with E-state index >= 15 is 0 Å². The predicted octanol–water partition coefficient (Wildman–Crippen LogP) is 8.16. The fraction of sp³-hybridized carbons (Fsp3) is 0. The first-order valence-electron chi connectivity index (χ1n) is 7.30. The fourth-order valence-electron chi connectivity index (χ4n) is 1.52. The number of rotatable bonds is 0. The quantitative estimate of drug-likeness (QED) is 0.233. The molecule has 0 heterocycles. The maximum atomic E-state index is 10.7. The van der Waals surface area contributed by atoms with Crippen molar-refractivity contribution in [2.24, 2.45) is 0 Å². The second kappa shape index (κ2) is 14.5. The molecule has 0 aliphatic heterocycles. The number of hydrogen-bond donors (Lipinski definition) is 0. The van der Waals surface area contributed by atoms with Crippen LogP contribution in [0.4, 0.5) is 0 Å². The number of benzene rings is 3. The van der Waals surface area contributed by atoms with Crippen molar-refractivity contribution in [1.82, 2.24) is 0 Å². The van der Waals surface area contributed by atoms with Gasteiger partial charge in [0.1, 0.15) is 0 Å². The van der Waals surface area contributed by atoms with Crippen LogP contribution in [0.5, 0.6) is 17.2 Å². The van der Waals surface area contributed by atoms with E-state index in [2.05, 4.69) is 0 Å². The second-order valence-corrected chi connectivity index (χ2v) is 8.51. The summed E-state index contributed by atoms with van der Waals surface area (Å²) in [5.74, 6) is -0.928. The van der Waals surface area contributed by atoms with Crippen molar-refractivity contribution in [3.63, 3.8) is 0 Å². The summed E-state index contributed by atoms with van der Waals surface area (Å²) in [5.41, 5.74) is 0. The van der Waals surface area contributed by atoms with Gasteiger partial charge < -0.3 is 15.3 Å². The smallest absolute Gasteiger partial charge is 0.871 e. The van der Waals surface area contributed by atoms with Crippen molar-refractivity contribution >= 4 is 104 Å². The largest absolute Gasteiger partial charge is 3.00 e. The zero-order valence-electron chi connectivity index (χ0n) is 14.5. The molecule has 164 valence electrons. The fourth-order valence-corrected chi connectivity index (χ4v) is 3.10. The van der Waals surface area contributed by atoms with Crippen LogP contribution in [-0.2, 0) is 18.6 Å². The Hall–Kier alpha value is 0.254. The van der Waals surface area contributed by atoms with Gasteiger partial charge in [-0.05, 0) is 18.2 Å². The SMILES string of the molecule is [O-]c1ccc(Cl)c(Cl)c1Cl.[O-]c1ccc(Cl)c(Cl)c1Cl.[O-]c1ccc(Cl)c(Cl)c1Cl.[V+3]. The minimum Gasteiger partial charge on any atom is -0.871 e. The summed E-state index contributed by atoms with van der Waals surface area (Å²) in [6.45, 7) is 0. The Labute approximate surface area is 235 Å².